The van der Waals surface area contributed by atoms with Gasteiger partial charge in [-0.05, 0) is 18.9 Å². The smallest absolute Gasteiger partial charge is 0.231 e. The second kappa shape index (κ2) is 4.92. The van der Waals surface area contributed by atoms with Crippen LogP contribution in [0, 0.1) is 0 Å². The van der Waals surface area contributed by atoms with Crippen molar-refractivity contribution in [1.29, 1.82) is 0 Å². The van der Waals surface area contributed by atoms with Gasteiger partial charge in [-0.2, -0.15) is 0 Å². The minimum atomic E-state index is 0.292. The van der Waals surface area contributed by atoms with Gasteiger partial charge in [-0.1, -0.05) is 13.0 Å². The van der Waals surface area contributed by atoms with E-state index in [0.29, 0.717) is 13.4 Å². The van der Waals surface area contributed by atoms with Crippen LogP contribution in [0.1, 0.15) is 18.9 Å². The average Bonchev–Trinajstić information content (AvgIpc) is 2.73. The number of hydrogen-bond acceptors (Lipinski definition) is 3. The highest BCUT2D eigenvalue weighted by Crippen LogP contribution is 2.38. The molecule has 2 rings (SSSR count). The largest absolute Gasteiger partial charge is 0.493 e. The van der Waals surface area contributed by atoms with Crippen molar-refractivity contribution in [3.63, 3.8) is 0 Å². The monoisotopic (exact) mass is 220 g/mol. The summed E-state index contributed by atoms with van der Waals surface area (Å²) in [4.78, 5) is 0. The minimum absolute atomic E-state index is 0.292. The SMILES string of the molecule is C=CCc1cc2c(cc1OCCC)OCO2. The highest BCUT2D eigenvalue weighted by Gasteiger charge is 2.17. The summed E-state index contributed by atoms with van der Waals surface area (Å²) in [5, 5.41) is 0. The van der Waals surface area contributed by atoms with Gasteiger partial charge in [0.25, 0.3) is 0 Å². The molecule has 0 spiro atoms. The maximum absolute atomic E-state index is 5.68. The molecule has 0 atom stereocenters. The van der Waals surface area contributed by atoms with Crippen LogP contribution in [0.2, 0.25) is 0 Å². The molecule has 0 fully saturated rings. The summed E-state index contributed by atoms with van der Waals surface area (Å²) in [5.41, 5.74) is 1.09. The number of benzene rings is 1. The molecule has 3 heteroatoms. The summed E-state index contributed by atoms with van der Waals surface area (Å²) in [6.45, 7) is 6.83. The highest BCUT2D eigenvalue weighted by molar-refractivity contribution is 5.52. The topological polar surface area (TPSA) is 27.7 Å². The Hall–Kier alpha value is -1.64. The molecule has 1 aromatic rings. The van der Waals surface area contributed by atoms with Gasteiger partial charge in [0.15, 0.2) is 11.5 Å². The van der Waals surface area contributed by atoms with Crippen molar-refractivity contribution in [3.05, 3.63) is 30.4 Å². The van der Waals surface area contributed by atoms with Crippen LogP contribution in [0.3, 0.4) is 0 Å². The number of hydrogen-bond donors (Lipinski definition) is 0. The Kier molecular flexibility index (Phi) is 3.34. The second-order valence-electron chi connectivity index (χ2n) is 3.65. The Morgan fingerprint density at radius 2 is 2.12 bits per heavy atom. The summed E-state index contributed by atoms with van der Waals surface area (Å²) in [5.74, 6) is 2.42. The van der Waals surface area contributed by atoms with E-state index in [0.717, 1.165) is 35.7 Å². The van der Waals surface area contributed by atoms with Crippen LogP contribution < -0.4 is 14.2 Å². The zero-order valence-corrected chi connectivity index (χ0v) is 9.49. The van der Waals surface area contributed by atoms with Crippen molar-refractivity contribution < 1.29 is 14.2 Å². The highest BCUT2D eigenvalue weighted by atomic mass is 16.7. The van der Waals surface area contributed by atoms with Gasteiger partial charge < -0.3 is 14.2 Å². The predicted octanol–water partition coefficient (Wildman–Crippen LogP) is 2.93. The van der Waals surface area contributed by atoms with Crippen molar-refractivity contribution in [2.24, 2.45) is 0 Å². The average molecular weight is 220 g/mol. The molecule has 16 heavy (non-hydrogen) atoms. The van der Waals surface area contributed by atoms with Crippen LogP contribution in [0.15, 0.2) is 24.8 Å². The maximum atomic E-state index is 5.68. The first-order valence-corrected chi connectivity index (χ1v) is 5.51. The van der Waals surface area contributed by atoms with E-state index in [1.807, 2.05) is 18.2 Å². The lowest BCUT2D eigenvalue weighted by atomic mass is 10.1. The standard InChI is InChI=1S/C13H16O3/c1-3-5-10-7-12-13(16-9-15-12)8-11(10)14-6-4-2/h3,7-8H,1,4-6,9H2,2H3. The Labute approximate surface area is 95.6 Å². The summed E-state index contributed by atoms with van der Waals surface area (Å²) in [7, 11) is 0. The molecule has 3 nitrogen and oxygen atoms in total. The predicted molar refractivity (Wildman–Crippen MR) is 62.3 cm³/mol. The van der Waals surface area contributed by atoms with Crippen LogP contribution in [-0.4, -0.2) is 13.4 Å². The molecule has 0 radical (unpaired) electrons. The van der Waals surface area contributed by atoms with Crippen molar-refractivity contribution in [2.45, 2.75) is 19.8 Å². The fraction of sp³-hybridized carbons (Fsp3) is 0.385. The molecule has 1 aromatic carbocycles. The summed E-state index contributed by atoms with van der Waals surface area (Å²) >= 11 is 0. The molecule has 0 aromatic heterocycles. The van der Waals surface area contributed by atoms with Crippen LogP contribution in [0.5, 0.6) is 17.2 Å². The Morgan fingerprint density at radius 1 is 1.38 bits per heavy atom. The molecule has 0 aliphatic carbocycles. The van der Waals surface area contributed by atoms with Gasteiger partial charge in [0, 0.05) is 11.6 Å². The van der Waals surface area contributed by atoms with Gasteiger partial charge in [0.2, 0.25) is 6.79 Å². The van der Waals surface area contributed by atoms with Gasteiger partial charge in [-0.15, -0.1) is 6.58 Å². The molecule has 1 aliphatic rings. The third-order valence-electron chi connectivity index (χ3n) is 2.38. The lowest BCUT2D eigenvalue weighted by Crippen LogP contribution is -1.98. The Morgan fingerprint density at radius 3 is 2.81 bits per heavy atom. The van der Waals surface area contributed by atoms with E-state index in [2.05, 4.69) is 13.5 Å². The molecule has 1 heterocycles. The van der Waals surface area contributed by atoms with Crippen LogP contribution in [-0.2, 0) is 6.42 Å². The Balaban J connectivity index is 2.28. The zero-order valence-electron chi connectivity index (χ0n) is 9.49. The first-order valence-electron chi connectivity index (χ1n) is 5.51. The number of fused-ring (bicyclic) bond motifs is 1. The maximum Gasteiger partial charge on any atom is 0.231 e. The van der Waals surface area contributed by atoms with E-state index in [1.165, 1.54) is 0 Å². The summed E-state index contributed by atoms with van der Waals surface area (Å²) in [6.07, 6.45) is 3.62. The van der Waals surface area contributed by atoms with E-state index in [4.69, 9.17) is 14.2 Å². The molecule has 0 saturated carbocycles. The molecule has 86 valence electrons. The number of ether oxygens (including phenoxy) is 3. The second-order valence-corrected chi connectivity index (χ2v) is 3.65. The van der Waals surface area contributed by atoms with E-state index >= 15 is 0 Å². The third-order valence-corrected chi connectivity index (χ3v) is 2.38. The van der Waals surface area contributed by atoms with Crippen molar-refractivity contribution in [1.82, 2.24) is 0 Å². The van der Waals surface area contributed by atoms with Gasteiger partial charge in [-0.3, -0.25) is 0 Å². The lowest BCUT2D eigenvalue weighted by molar-refractivity contribution is 0.173. The first kappa shape index (κ1) is 10.9. The molecule has 0 N–H and O–H groups in total. The zero-order chi connectivity index (χ0) is 11.4. The van der Waals surface area contributed by atoms with Crippen molar-refractivity contribution >= 4 is 0 Å². The van der Waals surface area contributed by atoms with Crippen LogP contribution in [0.4, 0.5) is 0 Å². The van der Waals surface area contributed by atoms with Crippen molar-refractivity contribution in [3.8, 4) is 17.2 Å². The minimum Gasteiger partial charge on any atom is -0.493 e. The van der Waals surface area contributed by atoms with Gasteiger partial charge in [-0.25, -0.2) is 0 Å². The molecular weight excluding hydrogens is 204 g/mol. The van der Waals surface area contributed by atoms with E-state index in [1.54, 1.807) is 0 Å². The Bertz CT molecular complexity index is 385. The fourth-order valence-electron chi connectivity index (χ4n) is 1.63. The number of allylic oxidation sites excluding steroid dienone is 1. The molecule has 1 aliphatic heterocycles. The molecule has 0 bridgehead atoms. The fourth-order valence-corrected chi connectivity index (χ4v) is 1.63. The van der Waals surface area contributed by atoms with Gasteiger partial charge in [0.05, 0.1) is 6.61 Å². The van der Waals surface area contributed by atoms with Crippen LogP contribution in [0.25, 0.3) is 0 Å². The normalized spacial score (nSPS) is 12.6. The number of rotatable bonds is 5. The molecule has 0 saturated heterocycles. The molecular formula is C13H16O3. The van der Waals surface area contributed by atoms with Crippen molar-refractivity contribution in [2.75, 3.05) is 13.4 Å². The van der Waals surface area contributed by atoms with Gasteiger partial charge in [0.1, 0.15) is 5.75 Å². The lowest BCUT2D eigenvalue weighted by Gasteiger charge is -2.10. The third kappa shape index (κ3) is 2.13. The van der Waals surface area contributed by atoms with Crippen LogP contribution >= 0.6 is 0 Å². The quantitative estimate of drug-likeness (QED) is 0.714. The van der Waals surface area contributed by atoms with E-state index < -0.39 is 0 Å². The summed E-state index contributed by atoms with van der Waals surface area (Å²) in [6, 6.07) is 3.87. The van der Waals surface area contributed by atoms with E-state index in [-0.39, 0.29) is 0 Å². The molecule has 0 amide bonds. The first-order chi connectivity index (χ1) is 7.85. The summed E-state index contributed by atoms with van der Waals surface area (Å²) < 4.78 is 16.3. The van der Waals surface area contributed by atoms with E-state index in [9.17, 15) is 0 Å². The molecule has 0 unspecified atom stereocenters. The van der Waals surface area contributed by atoms with Gasteiger partial charge >= 0.3 is 0 Å².